The second kappa shape index (κ2) is 7.36. The van der Waals surface area contributed by atoms with Crippen LogP contribution in [0.15, 0.2) is 66.2 Å². The Bertz CT molecular complexity index is 700. The molecule has 0 unspecified atom stereocenters. The molecule has 3 nitrogen and oxygen atoms in total. The van der Waals surface area contributed by atoms with E-state index in [4.69, 9.17) is 4.74 Å². The molecule has 0 amide bonds. The third-order valence-corrected chi connectivity index (χ3v) is 3.11. The smallest absolute Gasteiger partial charge is 0.347 e. The Hall–Kier alpha value is -2.68. The Labute approximate surface area is 130 Å². The quantitative estimate of drug-likeness (QED) is 0.208. The molecule has 0 radical (unpaired) electrons. The molecule has 2 aromatic rings. The summed E-state index contributed by atoms with van der Waals surface area (Å²) in [6.07, 6.45) is 2.19. The van der Waals surface area contributed by atoms with Gasteiger partial charge in [0, 0.05) is 5.56 Å². The summed E-state index contributed by atoms with van der Waals surface area (Å²) in [6.45, 7) is 3.78. The zero-order chi connectivity index (χ0) is 15.9. The zero-order valence-corrected chi connectivity index (χ0v) is 12.7. The Morgan fingerprint density at radius 3 is 2.41 bits per heavy atom. The molecule has 0 N–H and O–H groups in total. The molecule has 0 fully saturated rings. The number of hydrogen-bond donors (Lipinski definition) is 0. The molecule has 0 atom stereocenters. The summed E-state index contributed by atoms with van der Waals surface area (Å²) in [5.41, 5.74) is 1.53. The number of Topliss-reactive ketones (excluding diaryl/α,β-unsaturated/α-hetero) is 1. The summed E-state index contributed by atoms with van der Waals surface area (Å²) in [5.74, 6) is -0.516. The Kier molecular flexibility index (Phi) is 5.26. The van der Waals surface area contributed by atoms with Crippen LogP contribution < -0.4 is 4.74 Å². The highest BCUT2D eigenvalue weighted by atomic mass is 16.5. The highest BCUT2D eigenvalue weighted by Gasteiger charge is 2.21. The summed E-state index contributed by atoms with van der Waals surface area (Å²) >= 11 is 0. The van der Waals surface area contributed by atoms with Gasteiger partial charge in [0.15, 0.2) is 5.78 Å². The molecule has 2 rings (SSSR count). The van der Waals surface area contributed by atoms with Crippen LogP contribution in [-0.2, 0) is 4.79 Å². The summed E-state index contributed by atoms with van der Waals surface area (Å²) in [6, 6.07) is 15.9. The lowest BCUT2D eigenvalue weighted by Gasteiger charge is -2.08. The van der Waals surface area contributed by atoms with Gasteiger partial charge in [-0.05, 0) is 31.5 Å². The van der Waals surface area contributed by atoms with Crippen molar-refractivity contribution in [3.63, 3.8) is 0 Å². The standard InChI is InChI=1S/C19H18O3/c1-3-8-17(18(20)15-10-7-9-14(2)13-15)19(21)22-16-11-5-4-6-12-16/h4-13H,3H2,1-2H3. The maximum Gasteiger partial charge on any atom is 0.347 e. The first-order valence-corrected chi connectivity index (χ1v) is 7.20. The number of carbonyl (C=O) groups excluding carboxylic acids is 2. The van der Waals surface area contributed by atoms with Crippen LogP contribution in [0.3, 0.4) is 0 Å². The summed E-state index contributed by atoms with van der Waals surface area (Å²) in [4.78, 5) is 24.8. The van der Waals surface area contributed by atoms with Crippen LogP contribution >= 0.6 is 0 Å². The average Bonchev–Trinajstić information content (AvgIpc) is 2.53. The Balaban J connectivity index is 2.25. The predicted octanol–water partition coefficient (Wildman–Crippen LogP) is 4.12. The first-order chi connectivity index (χ1) is 10.6. The van der Waals surface area contributed by atoms with E-state index in [0.717, 1.165) is 5.56 Å². The van der Waals surface area contributed by atoms with Crippen molar-refractivity contribution in [2.75, 3.05) is 0 Å². The fraction of sp³-hybridized carbons (Fsp3) is 0.158. The molecule has 0 heterocycles. The molecule has 0 spiro atoms. The van der Waals surface area contributed by atoms with Crippen molar-refractivity contribution in [3.8, 4) is 5.75 Å². The van der Waals surface area contributed by atoms with Gasteiger partial charge in [0.2, 0.25) is 0 Å². The molecule has 0 aromatic heterocycles. The third-order valence-electron chi connectivity index (χ3n) is 3.11. The lowest BCUT2D eigenvalue weighted by atomic mass is 10.0. The number of esters is 1. The maximum absolute atomic E-state index is 12.5. The fourth-order valence-corrected chi connectivity index (χ4v) is 2.07. The normalized spacial score (nSPS) is 11.1. The van der Waals surface area contributed by atoms with Crippen LogP contribution in [0.1, 0.15) is 29.3 Å². The van der Waals surface area contributed by atoms with Gasteiger partial charge in [0.05, 0.1) is 0 Å². The highest BCUT2D eigenvalue weighted by molar-refractivity contribution is 6.24. The number of carbonyl (C=O) groups is 2. The molecule has 112 valence electrons. The van der Waals surface area contributed by atoms with Crippen LogP contribution in [0, 0.1) is 6.92 Å². The molecule has 2 aromatic carbocycles. The highest BCUT2D eigenvalue weighted by Crippen LogP contribution is 2.16. The van der Waals surface area contributed by atoms with Crippen LogP contribution in [-0.4, -0.2) is 11.8 Å². The fourth-order valence-electron chi connectivity index (χ4n) is 2.07. The number of benzene rings is 2. The lowest BCUT2D eigenvalue weighted by Crippen LogP contribution is -2.19. The zero-order valence-electron chi connectivity index (χ0n) is 12.7. The number of allylic oxidation sites excluding steroid dienone is 1. The molecule has 0 saturated heterocycles. The largest absolute Gasteiger partial charge is 0.423 e. The minimum absolute atomic E-state index is 0.0666. The van der Waals surface area contributed by atoms with Crippen molar-refractivity contribution < 1.29 is 14.3 Å². The first kappa shape index (κ1) is 15.7. The van der Waals surface area contributed by atoms with E-state index in [1.54, 1.807) is 48.5 Å². The second-order valence-electron chi connectivity index (χ2n) is 4.93. The van der Waals surface area contributed by atoms with E-state index in [0.29, 0.717) is 17.7 Å². The van der Waals surface area contributed by atoms with E-state index in [2.05, 4.69) is 0 Å². The van der Waals surface area contributed by atoms with Gasteiger partial charge in [-0.15, -0.1) is 0 Å². The number of ether oxygens (including phenoxy) is 1. The Morgan fingerprint density at radius 2 is 1.77 bits per heavy atom. The van der Waals surface area contributed by atoms with Crippen molar-refractivity contribution in [2.24, 2.45) is 0 Å². The molecule has 0 aliphatic rings. The molecular formula is C19H18O3. The van der Waals surface area contributed by atoms with Crippen molar-refractivity contribution >= 4 is 11.8 Å². The first-order valence-electron chi connectivity index (χ1n) is 7.20. The number of ketones is 1. The second-order valence-corrected chi connectivity index (χ2v) is 4.93. The summed E-state index contributed by atoms with van der Waals surface area (Å²) in [7, 11) is 0. The van der Waals surface area contributed by atoms with Crippen molar-refractivity contribution in [3.05, 3.63) is 77.4 Å². The van der Waals surface area contributed by atoms with Crippen LogP contribution in [0.5, 0.6) is 5.75 Å². The summed E-state index contributed by atoms with van der Waals surface area (Å²) < 4.78 is 5.27. The number of aryl methyl sites for hydroxylation is 1. The topological polar surface area (TPSA) is 43.4 Å². The number of rotatable bonds is 5. The number of para-hydroxylation sites is 1. The minimum Gasteiger partial charge on any atom is -0.423 e. The molecule has 22 heavy (non-hydrogen) atoms. The van der Waals surface area contributed by atoms with Gasteiger partial charge in [-0.25, -0.2) is 4.79 Å². The van der Waals surface area contributed by atoms with Gasteiger partial charge in [0.25, 0.3) is 0 Å². The van der Waals surface area contributed by atoms with E-state index >= 15 is 0 Å². The van der Waals surface area contributed by atoms with E-state index in [1.807, 2.05) is 26.0 Å². The molecule has 3 heteroatoms. The maximum atomic E-state index is 12.5. The van der Waals surface area contributed by atoms with Gasteiger partial charge in [-0.3, -0.25) is 4.79 Å². The molecule has 0 aliphatic heterocycles. The van der Waals surface area contributed by atoms with Crippen molar-refractivity contribution in [1.29, 1.82) is 0 Å². The van der Waals surface area contributed by atoms with Crippen molar-refractivity contribution in [1.82, 2.24) is 0 Å². The minimum atomic E-state index is -0.625. The van der Waals surface area contributed by atoms with E-state index < -0.39 is 5.97 Å². The van der Waals surface area contributed by atoms with Gasteiger partial charge in [0.1, 0.15) is 11.3 Å². The Morgan fingerprint density at radius 1 is 1.05 bits per heavy atom. The monoisotopic (exact) mass is 294 g/mol. The van der Waals surface area contributed by atoms with E-state index in [1.165, 1.54) is 0 Å². The number of hydrogen-bond acceptors (Lipinski definition) is 3. The van der Waals surface area contributed by atoms with E-state index in [9.17, 15) is 9.59 Å². The van der Waals surface area contributed by atoms with Gasteiger partial charge in [-0.2, -0.15) is 0 Å². The molecular weight excluding hydrogens is 276 g/mol. The van der Waals surface area contributed by atoms with Crippen LogP contribution in [0.25, 0.3) is 0 Å². The SMILES string of the molecule is CCC=C(C(=O)Oc1ccccc1)C(=O)c1cccc(C)c1. The molecule has 0 saturated carbocycles. The van der Waals surface area contributed by atoms with Gasteiger partial charge < -0.3 is 4.74 Å². The average molecular weight is 294 g/mol. The van der Waals surface area contributed by atoms with Gasteiger partial charge in [-0.1, -0.05) is 55.0 Å². The predicted molar refractivity (Wildman–Crippen MR) is 86.0 cm³/mol. The van der Waals surface area contributed by atoms with E-state index in [-0.39, 0.29) is 11.4 Å². The lowest BCUT2D eigenvalue weighted by molar-refractivity contribution is -0.129. The molecule has 0 bridgehead atoms. The third kappa shape index (κ3) is 3.92. The molecule has 0 aliphatic carbocycles. The summed E-state index contributed by atoms with van der Waals surface area (Å²) in [5, 5.41) is 0. The van der Waals surface area contributed by atoms with Crippen LogP contribution in [0.2, 0.25) is 0 Å². The van der Waals surface area contributed by atoms with Crippen LogP contribution in [0.4, 0.5) is 0 Å². The van der Waals surface area contributed by atoms with Crippen molar-refractivity contribution in [2.45, 2.75) is 20.3 Å². The van der Waals surface area contributed by atoms with Gasteiger partial charge >= 0.3 is 5.97 Å².